The predicted molar refractivity (Wildman–Crippen MR) is 136 cm³/mol. The van der Waals surface area contributed by atoms with Crippen molar-refractivity contribution in [3.05, 3.63) is 70.4 Å². The van der Waals surface area contributed by atoms with Crippen molar-refractivity contribution in [1.82, 2.24) is 14.8 Å². The van der Waals surface area contributed by atoms with Gasteiger partial charge in [-0.2, -0.15) is 0 Å². The Morgan fingerprint density at radius 1 is 0.971 bits per heavy atom. The van der Waals surface area contributed by atoms with E-state index in [1.54, 1.807) is 18.2 Å². The van der Waals surface area contributed by atoms with Gasteiger partial charge in [-0.05, 0) is 32.3 Å². The Balaban J connectivity index is 0.000000155. The number of pyridine rings is 1. The molecule has 3 N–H and O–H groups in total. The van der Waals surface area contributed by atoms with E-state index < -0.39 is 5.97 Å². The number of carboxylic acid groups (broad SMARTS) is 1. The Labute approximate surface area is 205 Å². The molecule has 1 fully saturated rings. The first-order valence-electron chi connectivity index (χ1n) is 11.3. The molecule has 1 aromatic heterocycles. The Morgan fingerprint density at radius 3 is 2.21 bits per heavy atom. The molecule has 0 aliphatic carbocycles. The third-order valence-corrected chi connectivity index (χ3v) is 6.34. The van der Waals surface area contributed by atoms with Crippen molar-refractivity contribution in [3.63, 3.8) is 0 Å². The second kappa shape index (κ2) is 11.9. The van der Waals surface area contributed by atoms with Crippen molar-refractivity contribution < 1.29 is 14.7 Å². The number of para-hydroxylation sites is 2. The second-order valence-electron chi connectivity index (χ2n) is 8.59. The Kier molecular flexibility index (Phi) is 8.98. The molecule has 0 spiro atoms. The molecule has 8 heteroatoms. The highest BCUT2D eigenvalue weighted by molar-refractivity contribution is 6.36. The van der Waals surface area contributed by atoms with Crippen molar-refractivity contribution in [2.75, 3.05) is 39.5 Å². The monoisotopic (exact) mass is 482 g/mol. The number of benzene rings is 2. The van der Waals surface area contributed by atoms with Gasteiger partial charge in [0.05, 0.1) is 16.1 Å². The summed E-state index contributed by atoms with van der Waals surface area (Å²) in [6.07, 6.45) is 2.52. The van der Waals surface area contributed by atoms with Crippen LogP contribution in [-0.4, -0.2) is 65.4 Å². The van der Waals surface area contributed by atoms with E-state index in [-0.39, 0.29) is 5.56 Å². The van der Waals surface area contributed by atoms with Crippen LogP contribution >= 0.6 is 11.6 Å². The highest BCUT2D eigenvalue weighted by Gasteiger charge is 2.19. The van der Waals surface area contributed by atoms with Crippen LogP contribution in [0, 0.1) is 0 Å². The number of piperidine rings is 1. The van der Waals surface area contributed by atoms with Crippen LogP contribution in [-0.2, 0) is 17.8 Å². The van der Waals surface area contributed by atoms with Gasteiger partial charge in [0.15, 0.2) is 0 Å². The number of carbonyl (C=O) groups is 2. The zero-order chi connectivity index (χ0) is 24.7. The molecule has 2 aromatic carbocycles. The summed E-state index contributed by atoms with van der Waals surface area (Å²) in [5.41, 5.74) is 9.18. The minimum absolute atomic E-state index is 0.155. The van der Waals surface area contributed by atoms with E-state index in [4.69, 9.17) is 27.4 Å². The van der Waals surface area contributed by atoms with Crippen LogP contribution in [0.15, 0.2) is 48.5 Å². The Morgan fingerprint density at radius 2 is 1.59 bits per heavy atom. The number of hydrogen-bond acceptors (Lipinski definition) is 6. The molecule has 0 amide bonds. The number of hydrogen-bond donors (Lipinski definition) is 2. The third kappa shape index (κ3) is 6.76. The van der Waals surface area contributed by atoms with E-state index in [0.29, 0.717) is 11.5 Å². The van der Waals surface area contributed by atoms with Crippen molar-refractivity contribution in [2.24, 2.45) is 0 Å². The largest absolute Gasteiger partial charge is 0.478 e. The molecule has 2 aliphatic rings. The summed E-state index contributed by atoms with van der Waals surface area (Å²) >= 11 is 6.46. The summed E-state index contributed by atoms with van der Waals surface area (Å²) in [5, 5.41) is 10.4. The van der Waals surface area contributed by atoms with E-state index in [1.165, 1.54) is 17.3 Å². The van der Waals surface area contributed by atoms with E-state index >= 15 is 0 Å². The van der Waals surface area contributed by atoms with Crippen molar-refractivity contribution in [3.8, 4) is 0 Å². The zero-order valence-corrected chi connectivity index (χ0v) is 20.4. The van der Waals surface area contributed by atoms with Crippen molar-refractivity contribution in [2.45, 2.75) is 25.8 Å². The summed E-state index contributed by atoms with van der Waals surface area (Å²) in [5.74, 6) is -0.568. The summed E-state index contributed by atoms with van der Waals surface area (Å²) in [6.45, 7) is 3.89. The molecule has 0 bridgehead atoms. The number of fused-ring (bicyclic) bond motifs is 2. The normalized spacial score (nSPS) is 16.0. The molecule has 3 aromatic rings. The van der Waals surface area contributed by atoms with Gasteiger partial charge in [0.25, 0.3) is 0 Å². The van der Waals surface area contributed by atoms with Gasteiger partial charge in [-0.15, -0.1) is 0 Å². The van der Waals surface area contributed by atoms with Gasteiger partial charge in [0, 0.05) is 67.8 Å². The Hall–Kier alpha value is -3.00. The fraction of sp³-hybridized carbons (Fsp3) is 0.346. The number of likely N-dealkylation sites (tertiary alicyclic amines) is 1. The standard InChI is InChI=1S/C13H13ClN2.C7H7NO2.C6H11NO/c1-16-7-6-12-10(8-16)13(14)9-4-2-3-5-11(9)15-12;8-6-4-2-1-3-5(6)7(9)10;1-7-4-2-6(8)3-5-7/h2-5H,6-8H2,1H3;1-4H,8H2,(H,9,10);2-5H2,1H3. The number of rotatable bonds is 1. The molecule has 0 unspecified atom stereocenters. The molecule has 2 aliphatic heterocycles. The number of aromatic carboxylic acids is 1. The van der Waals surface area contributed by atoms with Crippen molar-refractivity contribution >= 4 is 39.9 Å². The minimum Gasteiger partial charge on any atom is -0.478 e. The lowest BCUT2D eigenvalue weighted by atomic mass is 10.0. The number of likely N-dealkylation sites (N-methyl/N-ethyl adjacent to an activating group) is 1. The van der Waals surface area contributed by atoms with Crippen LogP contribution in [0.1, 0.15) is 34.5 Å². The number of Topliss-reactive ketones (excluding diaryl/α,β-unsaturated/α-hetero) is 1. The molecule has 0 atom stereocenters. The lowest BCUT2D eigenvalue weighted by Crippen LogP contribution is -2.29. The number of nitrogens with zero attached hydrogens (tertiary/aromatic N) is 3. The number of ketones is 1. The number of nitrogens with two attached hydrogens (primary N) is 1. The summed E-state index contributed by atoms with van der Waals surface area (Å²) in [7, 11) is 4.17. The highest BCUT2D eigenvalue weighted by Crippen LogP contribution is 2.31. The molecule has 34 heavy (non-hydrogen) atoms. The number of nitrogen functional groups attached to an aromatic ring is 1. The van der Waals surface area contributed by atoms with Crippen LogP contribution in [0.5, 0.6) is 0 Å². The van der Waals surface area contributed by atoms with Gasteiger partial charge in [0.2, 0.25) is 0 Å². The lowest BCUT2D eigenvalue weighted by Gasteiger charge is -2.25. The molecule has 0 saturated carbocycles. The molecular formula is C26H31ClN4O3. The topological polar surface area (TPSA) is 99.8 Å². The first-order valence-corrected chi connectivity index (χ1v) is 11.7. The van der Waals surface area contributed by atoms with E-state index in [1.807, 2.05) is 31.3 Å². The van der Waals surface area contributed by atoms with E-state index in [2.05, 4.69) is 16.8 Å². The van der Waals surface area contributed by atoms with Gasteiger partial charge in [-0.3, -0.25) is 9.78 Å². The number of aromatic nitrogens is 1. The molecule has 180 valence electrons. The van der Waals surface area contributed by atoms with Crippen LogP contribution in [0.25, 0.3) is 10.9 Å². The van der Waals surface area contributed by atoms with E-state index in [9.17, 15) is 9.59 Å². The van der Waals surface area contributed by atoms with Gasteiger partial charge < -0.3 is 20.6 Å². The summed E-state index contributed by atoms with van der Waals surface area (Å²) < 4.78 is 0. The van der Waals surface area contributed by atoms with Gasteiger partial charge in [0.1, 0.15) is 5.78 Å². The number of carboxylic acids is 1. The zero-order valence-electron chi connectivity index (χ0n) is 19.6. The molecule has 1 saturated heterocycles. The molecule has 3 heterocycles. The van der Waals surface area contributed by atoms with Gasteiger partial charge >= 0.3 is 5.97 Å². The number of halogens is 1. The first kappa shape index (κ1) is 25.6. The summed E-state index contributed by atoms with van der Waals surface area (Å²) in [6, 6.07) is 14.4. The Bertz CT molecular complexity index is 1160. The third-order valence-electron chi connectivity index (χ3n) is 5.90. The van der Waals surface area contributed by atoms with Crippen LogP contribution < -0.4 is 5.73 Å². The smallest absolute Gasteiger partial charge is 0.337 e. The SMILES string of the molecule is CN1CCC(=O)CC1.CN1CCc2nc3ccccc3c(Cl)c2C1.Nc1ccccc1C(=O)O. The number of carbonyl (C=O) groups excluding carboxylic acids is 1. The van der Waals surface area contributed by atoms with Gasteiger partial charge in [-0.1, -0.05) is 41.9 Å². The predicted octanol–water partition coefficient (Wildman–Crippen LogP) is 4.12. The molecule has 0 radical (unpaired) electrons. The fourth-order valence-corrected chi connectivity index (χ4v) is 4.16. The van der Waals surface area contributed by atoms with E-state index in [0.717, 1.165) is 61.4 Å². The highest BCUT2D eigenvalue weighted by atomic mass is 35.5. The van der Waals surface area contributed by atoms with Crippen LogP contribution in [0.2, 0.25) is 5.02 Å². The average molecular weight is 483 g/mol. The quantitative estimate of drug-likeness (QED) is 0.503. The lowest BCUT2D eigenvalue weighted by molar-refractivity contribution is -0.121. The maximum absolute atomic E-state index is 10.6. The number of anilines is 1. The minimum atomic E-state index is -0.988. The molecular weight excluding hydrogens is 452 g/mol. The summed E-state index contributed by atoms with van der Waals surface area (Å²) in [4.78, 5) is 30.1. The second-order valence-corrected chi connectivity index (χ2v) is 8.97. The van der Waals surface area contributed by atoms with Gasteiger partial charge in [-0.25, -0.2) is 4.79 Å². The first-order chi connectivity index (χ1) is 16.3. The maximum Gasteiger partial charge on any atom is 0.337 e. The fourth-order valence-electron chi connectivity index (χ4n) is 3.83. The van der Waals surface area contributed by atoms with Crippen LogP contribution in [0.3, 0.4) is 0 Å². The molecule has 5 rings (SSSR count). The average Bonchev–Trinajstić information content (AvgIpc) is 2.83. The molecule has 7 nitrogen and oxygen atoms in total. The van der Waals surface area contributed by atoms with Crippen molar-refractivity contribution in [1.29, 1.82) is 0 Å². The van der Waals surface area contributed by atoms with Crippen LogP contribution in [0.4, 0.5) is 5.69 Å². The maximum atomic E-state index is 10.6.